The minimum atomic E-state index is -0.194. The summed E-state index contributed by atoms with van der Waals surface area (Å²) >= 11 is 1.42. The van der Waals surface area contributed by atoms with Gasteiger partial charge in [-0.15, -0.1) is 11.3 Å². The summed E-state index contributed by atoms with van der Waals surface area (Å²) in [5.74, 6) is 0.490. The molecule has 5 heteroatoms. The van der Waals surface area contributed by atoms with Gasteiger partial charge in [-0.1, -0.05) is 51.1 Å². The lowest BCUT2D eigenvalue weighted by Gasteiger charge is -2.18. The SMILES string of the molecule is CCOc1cccc(C(=O)Nc2nc(-c3ccc(C(C)(C)C)cc3)cs2)c1. The number of amides is 1. The molecule has 0 fully saturated rings. The molecular weight excluding hydrogens is 356 g/mol. The molecule has 1 heterocycles. The van der Waals surface area contributed by atoms with E-state index in [1.165, 1.54) is 16.9 Å². The Kier molecular flexibility index (Phi) is 5.61. The summed E-state index contributed by atoms with van der Waals surface area (Å²) in [5, 5.41) is 5.40. The van der Waals surface area contributed by atoms with Crippen LogP contribution in [0.25, 0.3) is 11.3 Å². The van der Waals surface area contributed by atoms with Crippen LogP contribution in [0.15, 0.2) is 53.9 Å². The van der Waals surface area contributed by atoms with E-state index in [0.29, 0.717) is 23.1 Å². The molecule has 4 nitrogen and oxygen atoms in total. The average Bonchev–Trinajstić information content (AvgIpc) is 3.10. The van der Waals surface area contributed by atoms with Crippen molar-refractivity contribution < 1.29 is 9.53 Å². The number of hydrogen-bond acceptors (Lipinski definition) is 4. The largest absolute Gasteiger partial charge is 0.494 e. The number of nitrogens with one attached hydrogen (secondary N) is 1. The Morgan fingerprint density at radius 2 is 1.89 bits per heavy atom. The van der Waals surface area contributed by atoms with Crippen molar-refractivity contribution in [2.45, 2.75) is 33.1 Å². The third kappa shape index (κ3) is 4.74. The van der Waals surface area contributed by atoms with Gasteiger partial charge in [0.1, 0.15) is 5.75 Å². The fourth-order valence-electron chi connectivity index (χ4n) is 2.67. The van der Waals surface area contributed by atoms with Crippen LogP contribution in [0.3, 0.4) is 0 Å². The molecule has 0 radical (unpaired) electrons. The fraction of sp³-hybridized carbons (Fsp3) is 0.273. The molecular formula is C22H24N2O2S. The molecule has 0 spiro atoms. The number of aromatic nitrogens is 1. The van der Waals surface area contributed by atoms with Gasteiger partial charge in [-0.25, -0.2) is 4.98 Å². The highest BCUT2D eigenvalue weighted by Crippen LogP contribution is 2.28. The van der Waals surface area contributed by atoms with Crippen molar-refractivity contribution in [2.24, 2.45) is 0 Å². The predicted molar refractivity (Wildman–Crippen MR) is 112 cm³/mol. The lowest BCUT2D eigenvalue weighted by atomic mass is 9.86. The lowest BCUT2D eigenvalue weighted by molar-refractivity contribution is 0.102. The van der Waals surface area contributed by atoms with Gasteiger partial charge in [-0.3, -0.25) is 10.1 Å². The molecule has 140 valence electrons. The smallest absolute Gasteiger partial charge is 0.257 e. The number of carbonyl (C=O) groups excluding carboxylic acids is 1. The van der Waals surface area contributed by atoms with Gasteiger partial charge in [-0.05, 0) is 36.1 Å². The first kappa shape index (κ1) is 19.1. The number of carbonyl (C=O) groups is 1. The Hall–Kier alpha value is -2.66. The zero-order valence-electron chi connectivity index (χ0n) is 16.1. The van der Waals surface area contributed by atoms with E-state index in [1.807, 2.05) is 24.4 Å². The van der Waals surface area contributed by atoms with Gasteiger partial charge in [0, 0.05) is 16.5 Å². The van der Waals surface area contributed by atoms with Crippen LogP contribution >= 0.6 is 11.3 Å². The van der Waals surface area contributed by atoms with E-state index in [1.54, 1.807) is 12.1 Å². The molecule has 0 atom stereocenters. The van der Waals surface area contributed by atoms with Crippen LogP contribution in [0.5, 0.6) is 5.75 Å². The average molecular weight is 381 g/mol. The maximum atomic E-state index is 12.5. The van der Waals surface area contributed by atoms with Gasteiger partial charge in [0.15, 0.2) is 5.13 Å². The number of anilines is 1. The van der Waals surface area contributed by atoms with Crippen molar-refractivity contribution in [3.05, 3.63) is 65.0 Å². The van der Waals surface area contributed by atoms with Crippen molar-refractivity contribution in [1.82, 2.24) is 4.98 Å². The third-order valence-corrected chi connectivity index (χ3v) is 4.94. The normalized spacial score (nSPS) is 11.3. The van der Waals surface area contributed by atoms with Crippen LogP contribution in [0.1, 0.15) is 43.6 Å². The molecule has 0 saturated heterocycles. The molecule has 0 bridgehead atoms. The van der Waals surface area contributed by atoms with Crippen LogP contribution in [0, 0.1) is 0 Å². The summed E-state index contributed by atoms with van der Waals surface area (Å²) in [4.78, 5) is 17.0. The van der Waals surface area contributed by atoms with E-state index in [2.05, 4.69) is 55.3 Å². The Bertz CT molecular complexity index is 924. The Labute approximate surface area is 164 Å². The lowest BCUT2D eigenvalue weighted by Crippen LogP contribution is -2.11. The van der Waals surface area contributed by atoms with Gasteiger partial charge in [-0.2, -0.15) is 0 Å². The molecule has 0 aliphatic carbocycles. The first-order valence-corrected chi connectivity index (χ1v) is 9.85. The van der Waals surface area contributed by atoms with Crippen molar-refractivity contribution in [3.8, 4) is 17.0 Å². The second kappa shape index (κ2) is 7.92. The summed E-state index contributed by atoms with van der Waals surface area (Å²) in [6.45, 7) is 9.06. The van der Waals surface area contributed by atoms with Crippen LogP contribution in [0.4, 0.5) is 5.13 Å². The number of thiazole rings is 1. The van der Waals surface area contributed by atoms with E-state index in [4.69, 9.17) is 4.74 Å². The molecule has 0 saturated carbocycles. The molecule has 1 aromatic heterocycles. The summed E-state index contributed by atoms with van der Waals surface area (Å²) in [5.41, 5.74) is 3.85. The third-order valence-electron chi connectivity index (χ3n) is 4.18. The van der Waals surface area contributed by atoms with E-state index < -0.39 is 0 Å². The van der Waals surface area contributed by atoms with Gasteiger partial charge in [0.2, 0.25) is 0 Å². The molecule has 3 rings (SSSR count). The molecule has 27 heavy (non-hydrogen) atoms. The molecule has 2 aromatic carbocycles. The summed E-state index contributed by atoms with van der Waals surface area (Å²) in [6.07, 6.45) is 0. The molecule has 3 aromatic rings. The van der Waals surface area contributed by atoms with E-state index >= 15 is 0 Å². The first-order chi connectivity index (χ1) is 12.9. The van der Waals surface area contributed by atoms with Crippen molar-refractivity contribution >= 4 is 22.4 Å². The van der Waals surface area contributed by atoms with Crippen LogP contribution in [-0.4, -0.2) is 17.5 Å². The monoisotopic (exact) mass is 380 g/mol. The zero-order chi connectivity index (χ0) is 19.4. The second-order valence-corrected chi connectivity index (χ2v) is 8.14. The quantitative estimate of drug-likeness (QED) is 0.612. The molecule has 0 aliphatic heterocycles. The van der Waals surface area contributed by atoms with E-state index in [0.717, 1.165) is 11.3 Å². The van der Waals surface area contributed by atoms with E-state index in [9.17, 15) is 4.79 Å². The molecule has 0 unspecified atom stereocenters. The Balaban J connectivity index is 1.72. The fourth-order valence-corrected chi connectivity index (χ4v) is 3.38. The van der Waals surface area contributed by atoms with E-state index in [-0.39, 0.29) is 11.3 Å². The maximum Gasteiger partial charge on any atom is 0.257 e. The van der Waals surface area contributed by atoms with Crippen LogP contribution < -0.4 is 10.1 Å². The van der Waals surface area contributed by atoms with Crippen molar-refractivity contribution in [2.75, 3.05) is 11.9 Å². The second-order valence-electron chi connectivity index (χ2n) is 7.28. The molecule has 1 amide bonds. The molecule has 0 aliphatic rings. The number of benzene rings is 2. The highest BCUT2D eigenvalue weighted by atomic mass is 32.1. The Morgan fingerprint density at radius 1 is 1.15 bits per heavy atom. The number of hydrogen-bond donors (Lipinski definition) is 1. The summed E-state index contributed by atoms with van der Waals surface area (Å²) in [6, 6.07) is 15.6. The predicted octanol–water partition coefficient (Wildman–Crippen LogP) is 5.76. The summed E-state index contributed by atoms with van der Waals surface area (Å²) in [7, 11) is 0. The highest BCUT2D eigenvalue weighted by Gasteiger charge is 2.14. The Morgan fingerprint density at radius 3 is 2.56 bits per heavy atom. The van der Waals surface area contributed by atoms with Crippen molar-refractivity contribution in [3.63, 3.8) is 0 Å². The van der Waals surface area contributed by atoms with Gasteiger partial charge < -0.3 is 4.74 Å². The summed E-state index contributed by atoms with van der Waals surface area (Å²) < 4.78 is 5.45. The minimum Gasteiger partial charge on any atom is -0.494 e. The first-order valence-electron chi connectivity index (χ1n) is 8.97. The topological polar surface area (TPSA) is 51.2 Å². The van der Waals surface area contributed by atoms with Crippen molar-refractivity contribution in [1.29, 1.82) is 0 Å². The standard InChI is InChI=1S/C22H24N2O2S/c1-5-26-18-8-6-7-16(13-18)20(25)24-21-23-19(14-27-21)15-9-11-17(12-10-15)22(2,3)4/h6-14H,5H2,1-4H3,(H,23,24,25). The molecule has 1 N–H and O–H groups in total. The number of rotatable bonds is 5. The van der Waals surface area contributed by atoms with Crippen LogP contribution in [-0.2, 0) is 5.41 Å². The maximum absolute atomic E-state index is 12.5. The highest BCUT2D eigenvalue weighted by molar-refractivity contribution is 7.14. The van der Waals surface area contributed by atoms with Gasteiger partial charge >= 0.3 is 0 Å². The van der Waals surface area contributed by atoms with Crippen LogP contribution in [0.2, 0.25) is 0 Å². The minimum absolute atomic E-state index is 0.121. The zero-order valence-corrected chi connectivity index (χ0v) is 16.9. The van der Waals surface area contributed by atoms with Gasteiger partial charge in [0.05, 0.1) is 12.3 Å². The number of nitrogens with zero attached hydrogens (tertiary/aromatic N) is 1. The number of ether oxygens (including phenoxy) is 1. The van der Waals surface area contributed by atoms with Gasteiger partial charge in [0.25, 0.3) is 5.91 Å².